The standard InChI is InChI=1S/C12H23N3O/c13-6-2-1-3-8-15(9-10-16)11-12-5-4-7-14-12/h12,14,16H,1-5,7-11H2. The van der Waals surface area contributed by atoms with Crippen LogP contribution in [-0.4, -0.2) is 48.8 Å². The van der Waals surface area contributed by atoms with Crippen molar-refractivity contribution >= 4 is 0 Å². The van der Waals surface area contributed by atoms with Gasteiger partial charge in [0.2, 0.25) is 0 Å². The lowest BCUT2D eigenvalue weighted by Crippen LogP contribution is -2.39. The Morgan fingerprint density at radius 3 is 2.88 bits per heavy atom. The van der Waals surface area contributed by atoms with Crippen molar-refractivity contribution in [3.05, 3.63) is 0 Å². The van der Waals surface area contributed by atoms with Gasteiger partial charge in [-0.3, -0.25) is 4.90 Å². The second kappa shape index (κ2) is 8.51. The van der Waals surface area contributed by atoms with Gasteiger partial charge in [0.25, 0.3) is 0 Å². The molecule has 4 nitrogen and oxygen atoms in total. The van der Waals surface area contributed by atoms with E-state index in [2.05, 4.69) is 16.3 Å². The third kappa shape index (κ3) is 5.45. The normalized spacial score (nSPS) is 20.2. The number of rotatable bonds is 8. The van der Waals surface area contributed by atoms with Gasteiger partial charge in [-0.25, -0.2) is 0 Å². The first-order chi connectivity index (χ1) is 7.86. The Labute approximate surface area is 98.2 Å². The topological polar surface area (TPSA) is 59.3 Å². The fourth-order valence-electron chi connectivity index (χ4n) is 2.20. The van der Waals surface area contributed by atoms with E-state index in [1.807, 2.05) is 0 Å². The van der Waals surface area contributed by atoms with E-state index >= 15 is 0 Å². The summed E-state index contributed by atoms with van der Waals surface area (Å²) in [6, 6.07) is 2.77. The number of hydrogen-bond acceptors (Lipinski definition) is 4. The van der Waals surface area contributed by atoms with Crippen molar-refractivity contribution in [2.75, 3.05) is 32.8 Å². The Bertz CT molecular complexity index is 209. The molecule has 16 heavy (non-hydrogen) atoms. The van der Waals surface area contributed by atoms with Gasteiger partial charge in [-0.05, 0) is 38.8 Å². The molecule has 1 fully saturated rings. The molecule has 1 aliphatic heterocycles. The van der Waals surface area contributed by atoms with Gasteiger partial charge in [-0.2, -0.15) is 5.26 Å². The van der Waals surface area contributed by atoms with E-state index in [-0.39, 0.29) is 6.61 Å². The molecule has 4 heteroatoms. The highest BCUT2D eigenvalue weighted by atomic mass is 16.3. The maximum atomic E-state index is 9.00. The van der Waals surface area contributed by atoms with Crippen LogP contribution in [0.3, 0.4) is 0 Å². The molecule has 0 aromatic carbocycles. The zero-order valence-electron chi connectivity index (χ0n) is 9.99. The third-order valence-electron chi connectivity index (χ3n) is 3.07. The Morgan fingerprint density at radius 2 is 2.25 bits per heavy atom. The zero-order chi connectivity index (χ0) is 11.6. The first-order valence-corrected chi connectivity index (χ1v) is 6.30. The van der Waals surface area contributed by atoms with Crippen molar-refractivity contribution in [3.63, 3.8) is 0 Å². The minimum absolute atomic E-state index is 0.227. The molecule has 92 valence electrons. The minimum Gasteiger partial charge on any atom is -0.395 e. The van der Waals surface area contributed by atoms with Gasteiger partial charge in [0.05, 0.1) is 12.7 Å². The number of hydrogen-bond donors (Lipinski definition) is 2. The summed E-state index contributed by atoms with van der Waals surface area (Å²) >= 11 is 0. The fraction of sp³-hybridized carbons (Fsp3) is 0.917. The Kier molecular flexibility index (Phi) is 7.15. The van der Waals surface area contributed by atoms with Crippen molar-refractivity contribution in [1.82, 2.24) is 10.2 Å². The van der Waals surface area contributed by atoms with Crippen molar-refractivity contribution in [1.29, 1.82) is 5.26 Å². The lowest BCUT2D eigenvalue weighted by atomic mass is 10.2. The molecule has 1 rings (SSSR count). The molecule has 1 saturated heterocycles. The van der Waals surface area contributed by atoms with E-state index in [9.17, 15) is 0 Å². The average Bonchev–Trinajstić information content (AvgIpc) is 2.77. The van der Waals surface area contributed by atoms with Gasteiger partial charge < -0.3 is 10.4 Å². The summed E-state index contributed by atoms with van der Waals surface area (Å²) in [6.45, 7) is 4.15. The van der Waals surface area contributed by atoms with E-state index in [1.165, 1.54) is 12.8 Å². The summed E-state index contributed by atoms with van der Waals surface area (Å²) in [5, 5.41) is 20.9. The van der Waals surface area contributed by atoms with Crippen LogP contribution in [0.5, 0.6) is 0 Å². The lowest BCUT2D eigenvalue weighted by Gasteiger charge is -2.24. The van der Waals surface area contributed by atoms with Crippen LogP contribution >= 0.6 is 0 Å². The third-order valence-corrected chi connectivity index (χ3v) is 3.07. The maximum Gasteiger partial charge on any atom is 0.0621 e. The molecule has 0 aromatic heterocycles. The first kappa shape index (κ1) is 13.4. The van der Waals surface area contributed by atoms with Crippen molar-refractivity contribution in [2.45, 2.75) is 38.1 Å². The lowest BCUT2D eigenvalue weighted by molar-refractivity contribution is 0.182. The largest absolute Gasteiger partial charge is 0.395 e. The molecular weight excluding hydrogens is 202 g/mol. The molecule has 0 saturated carbocycles. The Hall–Kier alpha value is -0.630. The number of aliphatic hydroxyl groups excluding tert-OH is 1. The van der Waals surface area contributed by atoms with E-state index in [0.717, 1.165) is 39.0 Å². The molecular formula is C12H23N3O. The highest BCUT2D eigenvalue weighted by molar-refractivity contribution is 4.78. The molecule has 0 amide bonds. The van der Waals surface area contributed by atoms with E-state index < -0.39 is 0 Å². The van der Waals surface area contributed by atoms with Gasteiger partial charge in [0.1, 0.15) is 0 Å². The van der Waals surface area contributed by atoms with E-state index in [0.29, 0.717) is 12.5 Å². The van der Waals surface area contributed by atoms with Gasteiger partial charge in [0.15, 0.2) is 0 Å². The highest BCUT2D eigenvalue weighted by Gasteiger charge is 2.17. The van der Waals surface area contributed by atoms with Crippen LogP contribution in [0, 0.1) is 11.3 Å². The second-order valence-electron chi connectivity index (χ2n) is 4.43. The summed E-state index contributed by atoms with van der Waals surface area (Å²) in [6.07, 6.45) is 5.19. The quantitative estimate of drug-likeness (QED) is 0.598. The van der Waals surface area contributed by atoms with Crippen LogP contribution in [0.25, 0.3) is 0 Å². The monoisotopic (exact) mass is 225 g/mol. The first-order valence-electron chi connectivity index (χ1n) is 6.30. The van der Waals surface area contributed by atoms with Crippen LogP contribution in [0.15, 0.2) is 0 Å². The number of nitrogens with one attached hydrogen (secondary N) is 1. The summed E-state index contributed by atoms with van der Waals surface area (Å²) in [7, 11) is 0. The van der Waals surface area contributed by atoms with Crippen LogP contribution < -0.4 is 5.32 Å². The maximum absolute atomic E-state index is 9.00. The molecule has 0 spiro atoms. The molecule has 0 aromatic rings. The van der Waals surface area contributed by atoms with Gasteiger partial charge in [0, 0.05) is 25.6 Å². The summed E-state index contributed by atoms with van der Waals surface area (Å²) < 4.78 is 0. The fourth-order valence-corrected chi connectivity index (χ4v) is 2.20. The van der Waals surface area contributed by atoms with Gasteiger partial charge >= 0.3 is 0 Å². The zero-order valence-corrected chi connectivity index (χ0v) is 9.99. The molecule has 0 radical (unpaired) electrons. The second-order valence-corrected chi connectivity index (χ2v) is 4.43. The Morgan fingerprint density at radius 1 is 1.38 bits per heavy atom. The van der Waals surface area contributed by atoms with E-state index in [4.69, 9.17) is 10.4 Å². The van der Waals surface area contributed by atoms with Gasteiger partial charge in [-0.1, -0.05) is 0 Å². The molecule has 0 aliphatic carbocycles. The van der Waals surface area contributed by atoms with Crippen LogP contribution in [0.2, 0.25) is 0 Å². The Balaban J connectivity index is 2.15. The van der Waals surface area contributed by atoms with Gasteiger partial charge in [-0.15, -0.1) is 0 Å². The van der Waals surface area contributed by atoms with E-state index in [1.54, 1.807) is 0 Å². The molecule has 2 N–H and O–H groups in total. The predicted molar refractivity (Wildman–Crippen MR) is 64.0 cm³/mol. The highest BCUT2D eigenvalue weighted by Crippen LogP contribution is 2.08. The summed E-state index contributed by atoms with van der Waals surface area (Å²) in [5.41, 5.74) is 0. The molecule has 1 aliphatic rings. The summed E-state index contributed by atoms with van der Waals surface area (Å²) in [4.78, 5) is 2.31. The minimum atomic E-state index is 0.227. The molecule has 1 unspecified atom stereocenters. The number of nitrogens with zero attached hydrogens (tertiary/aromatic N) is 2. The van der Waals surface area contributed by atoms with Crippen LogP contribution in [0.4, 0.5) is 0 Å². The molecule has 1 atom stereocenters. The van der Waals surface area contributed by atoms with Crippen molar-refractivity contribution in [2.24, 2.45) is 0 Å². The number of aliphatic hydroxyl groups is 1. The van der Waals surface area contributed by atoms with Crippen molar-refractivity contribution in [3.8, 4) is 6.07 Å². The number of unbranched alkanes of at least 4 members (excludes halogenated alkanes) is 2. The molecule has 1 heterocycles. The van der Waals surface area contributed by atoms with Crippen LogP contribution in [-0.2, 0) is 0 Å². The number of nitriles is 1. The summed E-state index contributed by atoms with van der Waals surface area (Å²) in [5.74, 6) is 0. The van der Waals surface area contributed by atoms with Crippen molar-refractivity contribution < 1.29 is 5.11 Å². The SMILES string of the molecule is N#CCCCCN(CCO)CC1CCCN1. The smallest absolute Gasteiger partial charge is 0.0621 e. The molecule has 0 bridgehead atoms. The predicted octanol–water partition coefficient (Wildman–Crippen LogP) is 0.727. The average molecular weight is 225 g/mol. The van der Waals surface area contributed by atoms with Crippen LogP contribution in [0.1, 0.15) is 32.1 Å².